The molecule has 0 fully saturated rings. The number of pyridine rings is 1. The molecule has 88 valence electrons. The summed E-state index contributed by atoms with van der Waals surface area (Å²) in [6.07, 6.45) is 5.20. The fraction of sp³-hybridized carbons (Fsp3) is 0.182. The Morgan fingerprint density at radius 3 is 2.94 bits per heavy atom. The number of aromatic nitrogens is 3. The first-order valence-corrected chi connectivity index (χ1v) is 5.14. The molecule has 0 aliphatic carbocycles. The first-order chi connectivity index (χ1) is 8.25. The van der Waals surface area contributed by atoms with E-state index in [1.165, 1.54) is 12.3 Å². The summed E-state index contributed by atoms with van der Waals surface area (Å²) in [6.45, 7) is 0.462. The van der Waals surface area contributed by atoms with Gasteiger partial charge in [0.2, 0.25) is 5.95 Å². The van der Waals surface area contributed by atoms with Crippen LogP contribution in [0.3, 0.4) is 0 Å². The number of imidazole rings is 1. The summed E-state index contributed by atoms with van der Waals surface area (Å²) in [6, 6.07) is 2.55. The molecule has 6 heteroatoms. The monoisotopic (exact) mass is 234 g/mol. The fourth-order valence-corrected chi connectivity index (χ4v) is 1.34. The lowest BCUT2D eigenvalue weighted by Crippen LogP contribution is -2.26. The van der Waals surface area contributed by atoms with Crippen LogP contribution in [0.25, 0.3) is 0 Å². The Morgan fingerprint density at radius 2 is 2.29 bits per heavy atom. The molecule has 0 radical (unpaired) electrons. The van der Waals surface area contributed by atoms with Gasteiger partial charge in [0.25, 0.3) is 5.91 Å². The summed E-state index contributed by atoms with van der Waals surface area (Å²) < 4.78 is 12.5. The lowest BCUT2D eigenvalue weighted by molar-refractivity contribution is 0.0953. The molecule has 0 spiro atoms. The molecule has 2 aromatic rings. The van der Waals surface area contributed by atoms with Crippen molar-refractivity contribution in [2.75, 3.05) is 6.54 Å². The maximum Gasteiger partial charge on any atom is 0.252 e. The maximum absolute atomic E-state index is 12.5. The van der Waals surface area contributed by atoms with Crippen LogP contribution in [0.4, 0.5) is 4.39 Å². The van der Waals surface area contributed by atoms with Gasteiger partial charge in [-0.3, -0.25) is 4.79 Å². The summed E-state index contributed by atoms with van der Waals surface area (Å²) in [5.41, 5.74) is 0.339. The van der Waals surface area contributed by atoms with E-state index in [1.807, 2.05) is 0 Å². The van der Waals surface area contributed by atoms with E-state index in [0.717, 1.165) is 11.9 Å². The number of H-pyrrole nitrogens is 1. The van der Waals surface area contributed by atoms with Crippen LogP contribution >= 0.6 is 0 Å². The predicted molar refractivity (Wildman–Crippen MR) is 58.8 cm³/mol. The minimum atomic E-state index is -0.600. The zero-order valence-electron chi connectivity index (χ0n) is 8.98. The van der Waals surface area contributed by atoms with Crippen LogP contribution in [0.1, 0.15) is 16.2 Å². The predicted octanol–water partition coefficient (Wildman–Crippen LogP) is 0.916. The number of hydrogen-bond donors (Lipinski definition) is 2. The fourth-order valence-electron chi connectivity index (χ4n) is 1.34. The Hall–Kier alpha value is -2.24. The molecule has 0 unspecified atom stereocenters. The van der Waals surface area contributed by atoms with Crippen molar-refractivity contribution in [2.45, 2.75) is 6.42 Å². The third kappa shape index (κ3) is 3.10. The van der Waals surface area contributed by atoms with Crippen LogP contribution in [-0.2, 0) is 6.42 Å². The first-order valence-electron chi connectivity index (χ1n) is 5.14. The average molecular weight is 234 g/mol. The molecule has 2 N–H and O–H groups in total. The largest absolute Gasteiger partial charge is 0.352 e. The second-order valence-corrected chi connectivity index (χ2v) is 3.41. The van der Waals surface area contributed by atoms with Crippen LogP contribution in [0.2, 0.25) is 0 Å². The number of rotatable bonds is 4. The van der Waals surface area contributed by atoms with Crippen LogP contribution in [-0.4, -0.2) is 27.4 Å². The molecule has 0 aromatic carbocycles. The van der Waals surface area contributed by atoms with Crippen LogP contribution in [0.5, 0.6) is 0 Å². The maximum atomic E-state index is 12.5. The van der Waals surface area contributed by atoms with Gasteiger partial charge in [0.15, 0.2) is 0 Å². The van der Waals surface area contributed by atoms with Gasteiger partial charge in [-0.15, -0.1) is 0 Å². The van der Waals surface area contributed by atoms with Crippen molar-refractivity contribution in [2.24, 2.45) is 0 Å². The molecule has 1 amide bonds. The second-order valence-electron chi connectivity index (χ2n) is 3.41. The molecule has 0 bridgehead atoms. The van der Waals surface area contributed by atoms with Crippen molar-refractivity contribution < 1.29 is 9.18 Å². The number of hydrogen-bond acceptors (Lipinski definition) is 3. The minimum absolute atomic E-state index is 0.274. The number of nitrogens with one attached hydrogen (secondary N) is 2. The molecule has 2 aromatic heterocycles. The number of carbonyl (C=O) groups excluding carboxylic acids is 1. The highest BCUT2D eigenvalue weighted by molar-refractivity contribution is 5.93. The quantitative estimate of drug-likeness (QED) is 0.773. The van der Waals surface area contributed by atoms with E-state index >= 15 is 0 Å². The molecule has 0 aliphatic rings. The SMILES string of the molecule is O=C(NCCc1ncc[nH]1)c1ccc(F)nc1. The van der Waals surface area contributed by atoms with Gasteiger partial charge in [-0.25, -0.2) is 9.97 Å². The van der Waals surface area contributed by atoms with Gasteiger partial charge in [-0.2, -0.15) is 4.39 Å². The standard InChI is InChI=1S/C11H11FN4O/c12-9-2-1-8(7-16-9)11(17)15-4-3-10-13-5-6-14-10/h1-2,5-7H,3-4H2,(H,13,14)(H,15,17). The third-order valence-corrected chi connectivity index (χ3v) is 2.19. The number of aromatic amines is 1. The van der Waals surface area contributed by atoms with E-state index in [4.69, 9.17) is 0 Å². The number of amides is 1. The second kappa shape index (κ2) is 5.20. The number of nitrogens with zero attached hydrogens (tertiary/aromatic N) is 2. The van der Waals surface area contributed by atoms with Gasteiger partial charge in [0.05, 0.1) is 5.56 Å². The van der Waals surface area contributed by atoms with Crippen LogP contribution in [0.15, 0.2) is 30.7 Å². The molecule has 2 rings (SSSR count). The van der Waals surface area contributed by atoms with E-state index in [0.29, 0.717) is 18.5 Å². The third-order valence-electron chi connectivity index (χ3n) is 2.19. The Morgan fingerprint density at radius 1 is 1.41 bits per heavy atom. The Labute approximate surface area is 97.1 Å². The highest BCUT2D eigenvalue weighted by Crippen LogP contribution is 1.98. The Balaban J connectivity index is 1.83. The van der Waals surface area contributed by atoms with Gasteiger partial charge in [-0.1, -0.05) is 0 Å². The van der Waals surface area contributed by atoms with Crippen molar-refractivity contribution in [3.8, 4) is 0 Å². The van der Waals surface area contributed by atoms with E-state index < -0.39 is 5.95 Å². The molecular weight excluding hydrogens is 223 g/mol. The van der Waals surface area contributed by atoms with Crippen LogP contribution < -0.4 is 5.32 Å². The van der Waals surface area contributed by atoms with E-state index in [9.17, 15) is 9.18 Å². The Kier molecular flexibility index (Phi) is 3.44. The zero-order chi connectivity index (χ0) is 12.1. The molecule has 0 saturated carbocycles. The number of carbonyl (C=O) groups is 1. The minimum Gasteiger partial charge on any atom is -0.352 e. The van der Waals surface area contributed by atoms with Crippen molar-refractivity contribution in [3.63, 3.8) is 0 Å². The lowest BCUT2D eigenvalue weighted by atomic mass is 10.2. The smallest absolute Gasteiger partial charge is 0.252 e. The van der Waals surface area contributed by atoms with Gasteiger partial charge < -0.3 is 10.3 Å². The van der Waals surface area contributed by atoms with Gasteiger partial charge >= 0.3 is 0 Å². The molecule has 5 nitrogen and oxygen atoms in total. The molecular formula is C11H11FN4O. The van der Waals surface area contributed by atoms with Crippen molar-refractivity contribution in [1.29, 1.82) is 0 Å². The summed E-state index contributed by atoms with van der Waals surface area (Å²) in [4.78, 5) is 22.0. The topological polar surface area (TPSA) is 70.7 Å². The molecule has 0 aliphatic heterocycles. The van der Waals surface area contributed by atoms with Gasteiger partial charge in [0, 0.05) is 31.6 Å². The van der Waals surface area contributed by atoms with Gasteiger partial charge in [-0.05, 0) is 12.1 Å². The lowest BCUT2D eigenvalue weighted by Gasteiger charge is -2.03. The first kappa shape index (κ1) is 11.3. The van der Waals surface area contributed by atoms with Crippen molar-refractivity contribution in [1.82, 2.24) is 20.3 Å². The molecule has 0 atom stereocenters. The normalized spacial score (nSPS) is 10.2. The van der Waals surface area contributed by atoms with E-state index in [-0.39, 0.29) is 5.91 Å². The molecule has 17 heavy (non-hydrogen) atoms. The number of halogens is 1. The zero-order valence-corrected chi connectivity index (χ0v) is 8.98. The molecule has 0 saturated heterocycles. The van der Waals surface area contributed by atoms with Crippen molar-refractivity contribution in [3.05, 3.63) is 48.1 Å². The summed E-state index contributed by atoms with van der Waals surface area (Å²) in [5.74, 6) is -0.0660. The van der Waals surface area contributed by atoms with E-state index in [2.05, 4.69) is 20.3 Å². The summed E-state index contributed by atoms with van der Waals surface area (Å²) in [7, 11) is 0. The average Bonchev–Trinajstić information content (AvgIpc) is 2.83. The summed E-state index contributed by atoms with van der Waals surface area (Å²) >= 11 is 0. The van der Waals surface area contributed by atoms with E-state index in [1.54, 1.807) is 12.4 Å². The highest BCUT2D eigenvalue weighted by atomic mass is 19.1. The summed E-state index contributed by atoms with van der Waals surface area (Å²) in [5, 5.41) is 2.70. The van der Waals surface area contributed by atoms with Gasteiger partial charge in [0.1, 0.15) is 5.82 Å². The van der Waals surface area contributed by atoms with Crippen molar-refractivity contribution >= 4 is 5.91 Å². The molecule has 2 heterocycles. The van der Waals surface area contributed by atoms with Crippen LogP contribution in [0, 0.1) is 5.95 Å². The Bertz CT molecular complexity index is 481. The highest BCUT2D eigenvalue weighted by Gasteiger charge is 2.05.